The summed E-state index contributed by atoms with van der Waals surface area (Å²) >= 11 is 0. The zero-order valence-corrected chi connectivity index (χ0v) is 37.1. The summed E-state index contributed by atoms with van der Waals surface area (Å²) in [6.07, 6.45) is 4.50. The molecule has 8 rings (SSSR count). The molecule has 1 aliphatic carbocycles. The zero-order valence-electron chi connectivity index (χ0n) is 37.1. The number of anilines is 2. The van der Waals surface area contributed by atoms with Gasteiger partial charge < -0.3 is 31.3 Å². The SMILES string of the molecule is CC(F)(F)CN(CC(=O)Nc1ccc(COC(=O)NC2(c3ccc(-c4nc5ccn6c(=O)[nH]nc6c5cc4-c4ccccc4)cc3)CCC2)cc1)C(=O)CNC(=O)c1ccc(NNC(=O)CN)nc1. The molecule has 7 aromatic rings. The molecule has 69 heavy (non-hydrogen) atoms. The highest BCUT2D eigenvalue weighted by atomic mass is 19.3. The molecule has 4 heterocycles. The van der Waals surface area contributed by atoms with Crippen LogP contribution >= 0.6 is 0 Å². The summed E-state index contributed by atoms with van der Waals surface area (Å²) in [5.74, 6) is -6.08. The molecule has 0 atom stereocenters. The van der Waals surface area contributed by atoms with Crippen molar-refractivity contribution in [1.82, 2.24) is 45.5 Å². The summed E-state index contributed by atoms with van der Waals surface area (Å²) < 4.78 is 35.3. The Morgan fingerprint density at radius 1 is 0.928 bits per heavy atom. The maximum atomic E-state index is 14.1. The van der Waals surface area contributed by atoms with Gasteiger partial charge in [-0.25, -0.2) is 37.8 Å². The molecule has 3 aromatic carbocycles. The van der Waals surface area contributed by atoms with Gasteiger partial charge in [-0.15, -0.1) is 0 Å². The van der Waals surface area contributed by atoms with Gasteiger partial charge in [0.2, 0.25) is 11.8 Å². The van der Waals surface area contributed by atoms with Crippen LogP contribution in [0.3, 0.4) is 0 Å². The fourth-order valence-corrected chi connectivity index (χ4v) is 7.80. The van der Waals surface area contributed by atoms with Gasteiger partial charge in [-0.2, -0.15) is 5.10 Å². The summed E-state index contributed by atoms with van der Waals surface area (Å²) in [4.78, 5) is 85.1. The first-order valence-electron chi connectivity index (χ1n) is 21.7. The number of rotatable bonds is 17. The minimum Gasteiger partial charge on any atom is -0.445 e. The predicted molar refractivity (Wildman–Crippen MR) is 250 cm³/mol. The number of alkyl halides is 2. The standard InChI is InChI=1S/C48H46F2N12O7/c1-47(49,50)28-61(41(65)25-53-44(66)32-12-17-38(52-24-32)57-58-39(63)23-51)26-40(64)54-34-15-8-29(9-16-34)27-69-46(68)56-48(19-5-20-48)33-13-10-31(11-14-33)42-35(30-6-3-2-4-7-30)22-36-37(55-42)18-21-62-43(36)59-60-45(62)67/h2-4,6-18,21-22,24H,5,19-20,23,25-28,51H2,1H3,(H,52,57)(H,53,66)(H,54,64)(H,56,68)(H,58,63)(H,60,67). The van der Waals surface area contributed by atoms with E-state index in [1.54, 1.807) is 24.4 Å². The van der Waals surface area contributed by atoms with E-state index in [1.807, 2.05) is 60.7 Å². The van der Waals surface area contributed by atoms with E-state index in [2.05, 4.69) is 42.0 Å². The Labute approximate surface area is 391 Å². The molecule has 0 aliphatic heterocycles. The molecule has 21 heteroatoms. The molecule has 1 aliphatic rings. The van der Waals surface area contributed by atoms with Crippen molar-refractivity contribution in [2.45, 2.75) is 44.3 Å². The van der Waals surface area contributed by atoms with Crippen molar-refractivity contribution in [3.63, 3.8) is 0 Å². The second kappa shape index (κ2) is 20.1. The normalized spacial score (nSPS) is 12.9. The van der Waals surface area contributed by atoms with E-state index < -0.39 is 60.8 Å². The molecule has 19 nitrogen and oxygen atoms in total. The van der Waals surface area contributed by atoms with Gasteiger partial charge in [0.05, 0.1) is 41.9 Å². The van der Waals surface area contributed by atoms with Crippen molar-refractivity contribution in [2.24, 2.45) is 5.73 Å². The number of halogens is 2. The molecular formula is C48H46F2N12O7. The third kappa shape index (κ3) is 11.2. The number of hydrogen-bond donors (Lipinski definition) is 7. The molecule has 0 saturated heterocycles. The van der Waals surface area contributed by atoms with Crippen LogP contribution in [0, 0.1) is 0 Å². The third-order valence-electron chi connectivity index (χ3n) is 11.4. The molecule has 0 radical (unpaired) electrons. The first kappa shape index (κ1) is 46.9. The van der Waals surface area contributed by atoms with Gasteiger partial charge in [0.25, 0.3) is 17.7 Å². The number of ether oxygens (including phenoxy) is 1. The highest BCUT2D eigenvalue weighted by Gasteiger charge is 2.40. The number of aromatic nitrogens is 5. The summed E-state index contributed by atoms with van der Waals surface area (Å²) in [5.41, 5.74) is 15.4. The molecule has 1 saturated carbocycles. The van der Waals surface area contributed by atoms with Crippen LogP contribution in [-0.2, 0) is 31.3 Å². The number of hydrazine groups is 1. The number of alkyl carbamates (subject to hydrolysis) is 1. The first-order valence-corrected chi connectivity index (χ1v) is 21.7. The number of nitrogens with zero attached hydrogens (tertiary/aromatic N) is 5. The Kier molecular flexibility index (Phi) is 13.7. The second-order valence-corrected chi connectivity index (χ2v) is 16.5. The Balaban J connectivity index is 0.850. The van der Waals surface area contributed by atoms with E-state index in [4.69, 9.17) is 15.5 Å². The summed E-state index contributed by atoms with van der Waals surface area (Å²) in [5, 5.41) is 15.4. The minimum absolute atomic E-state index is 0.0388. The lowest BCUT2D eigenvalue weighted by Crippen LogP contribution is -2.50. The van der Waals surface area contributed by atoms with Crippen LogP contribution < -0.4 is 38.2 Å². The lowest BCUT2D eigenvalue weighted by Gasteiger charge is -2.42. The monoisotopic (exact) mass is 940 g/mol. The number of amides is 5. The van der Waals surface area contributed by atoms with Gasteiger partial charge >= 0.3 is 11.8 Å². The number of carbonyl (C=O) groups is 5. The zero-order chi connectivity index (χ0) is 48.7. The van der Waals surface area contributed by atoms with Crippen LogP contribution in [0.2, 0.25) is 0 Å². The predicted octanol–water partition coefficient (Wildman–Crippen LogP) is 4.86. The van der Waals surface area contributed by atoms with Gasteiger partial charge in [0.1, 0.15) is 19.0 Å². The van der Waals surface area contributed by atoms with Crippen LogP contribution in [0.25, 0.3) is 38.9 Å². The second-order valence-electron chi connectivity index (χ2n) is 16.5. The average Bonchev–Trinajstić information content (AvgIpc) is 3.73. The number of carbonyl (C=O) groups excluding carboxylic acids is 5. The van der Waals surface area contributed by atoms with E-state index in [9.17, 15) is 37.5 Å². The fourth-order valence-electron chi connectivity index (χ4n) is 7.80. The maximum Gasteiger partial charge on any atom is 0.408 e. The first-order chi connectivity index (χ1) is 33.2. The van der Waals surface area contributed by atoms with Crippen molar-refractivity contribution < 1.29 is 37.5 Å². The van der Waals surface area contributed by atoms with E-state index >= 15 is 0 Å². The van der Waals surface area contributed by atoms with Gasteiger partial charge in [-0.05, 0) is 72.4 Å². The number of nitrogens with one attached hydrogen (secondary N) is 6. The Morgan fingerprint density at radius 3 is 2.35 bits per heavy atom. The number of pyridine rings is 3. The van der Waals surface area contributed by atoms with Gasteiger partial charge in [-0.1, -0.05) is 66.7 Å². The number of hydrogen-bond acceptors (Lipinski definition) is 12. The number of aromatic amines is 1. The Bertz CT molecular complexity index is 3080. The van der Waals surface area contributed by atoms with E-state index in [1.165, 1.54) is 34.9 Å². The van der Waals surface area contributed by atoms with Crippen LogP contribution in [0.15, 0.2) is 120 Å². The maximum absolute atomic E-state index is 14.1. The quantitative estimate of drug-likeness (QED) is 0.0605. The van der Waals surface area contributed by atoms with Crippen molar-refractivity contribution in [2.75, 3.05) is 36.9 Å². The summed E-state index contributed by atoms with van der Waals surface area (Å²) in [7, 11) is 0. The lowest BCUT2D eigenvalue weighted by atomic mass is 9.71. The summed E-state index contributed by atoms with van der Waals surface area (Å²) in [6.45, 7) is -2.26. The Hall–Kier alpha value is -8.59. The highest BCUT2D eigenvalue weighted by Crippen LogP contribution is 2.42. The molecule has 8 N–H and O–H groups in total. The van der Waals surface area contributed by atoms with Crippen molar-refractivity contribution in [3.05, 3.63) is 143 Å². The molecule has 0 unspecified atom stereocenters. The van der Waals surface area contributed by atoms with Crippen molar-refractivity contribution in [1.29, 1.82) is 0 Å². The number of benzene rings is 3. The van der Waals surface area contributed by atoms with E-state index in [0.29, 0.717) is 47.1 Å². The van der Waals surface area contributed by atoms with Crippen LogP contribution in [-0.4, -0.2) is 91.3 Å². The van der Waals surface area contributed by atoms with Crippen molar-refractivity contribution in [3.8, 4) is 22.4 Å². The number of fused-ring (bicyclic) bond motifs is 3. The molecule has 0 spiro atoms. The fraction of sp³-hybridized carbons (Fsp3) is 0.229. The molecule has 354 valence electrons. The smallest absolute Gasteiger partial charge is 0.408 e. The van der Waals surface area contributed by atoms with Crippen LogP contribution in [0.1, 0.15) is 47.7 Å². The Morgan fingerprint density at radius 2 is 1.68 bits per heavy atom. The largest absolute Gasteiger partial charge is 0.445 e. The molecule has 0 bridgehead atoms. The lowest BCUT2D eigenvalue weighted by molar-refractivity contribution is -0.138. The van der Waals surface area contributed by atoms with Crippen LogP contribution in [0.4, 0.5) is 25.1 Å². The third-order valence-corrected chi connectivity index (χ3v) is 11.4. The highest BCUT2D eigenvalue weighted by molar-refractivity contribution is 5.99. The van der Waals surface area contributed by atoms with Crippen LogP contribution in [0.5, 0.6) is 0 Å². The van der Waals surface area contributed by atoms with Gasteiger partial charge in [0.15, 0.2) is 5.65 Å². The number of H-pyrrole nitrogens is 1. The molecule has 4 aromatic heterocycles. The molecular weight excluding hydrogens is 895 g/mol. The van der Waals surface area contributed by atoms with Gasteiger partial charge in [0, 0.05) is 41.5 Å². The van der Waals surface area contributed by atoms with Crippen molar-refractivity contribution >= 4 is 57.8 Å². The average molecular weight is 941 g/mol. The number of nitrogens with two attached hydrogens (primary N) is 1. The molecule has 1 fully saturated rings. The molecule has 5 amide bonds. The topological polar surface area (TPSA) is 260 Å². The van der Waals surface area contributed by atoms with Gasteiger partial charge in [-0.3, -0.25) is 30.0 Å². The van der Waals surface area contributed by atoms with E-state index in [-0.39, 0.29) is 30.2 Å². The van der Waals surface area contributed by atoms with E-state index in [0.717, 1.165) is 39.8 Å². The minimum atomic E-state index is -3.35. The summed E-state index contributed by atoms with van der Waals surface area (Å²) in [6, 6.07) is 30.6.